The SMILES string of the molecule is C=O.CCC(C)(C)CC1=C(C)C(c2ccc(OCc3ccccc3)cc2Cl)N(C(=O)c2cnccn2)c2cccc(O)c2N1.CO. The summed E-state index contributed by atoms with van der Waals surface area (Å²) in [5.74, 6) is 0.302. The molecule has 0 spiro atoms. The van der Waals surface area contributed by atoms with Crippen molar-refractivity contribution in [1.82, 2.24) is 9.97 Å². The monoisotopic (exact) mass is 644 g/mol. The van der Waals surface area contributed by atoms with Gasteiger partial charge in [0, 0.05) is 30.2 Å². The number of aromatic nitrogens is 2. The van der Waals surface area contributed by atoms with Crippen LogP contribution < -0.4 is 15.0 Å². The minimum atomic E-state index is -0.603. The number of carbonyl (C=O) groups is 2. The average Bonchev–Trinajstić information content (AvgIpc) is 3.20. The number of ether oxygens (including phenoxy) is 1. The first-order valence-corrected chi connectivity index (χ1v) is 15.1. The summed E-state index contributed by atoms with van der Waals surface area (Å²) in [4.78, 5) is 32.4. The van der Waals surface area contributed by atoms with Crippen LogP contribution in [0, 0.1) is 5.41 Å². The molecule has 10 heteroatoms. The average molecular weight is 645 g/mol. The number of aromatic hydroxyl groups is 1. The van der Waals surface area contributed by atoms with Gasteiger partial charge in [-0.1, -0.05) is 81.3 Å². The highest BCUT2D eigenvalue weighted by molar-refractivity contribution is 6.31. The van der Waals surface area contributed by atoms with E-state index in [4.69, 9.17) is 26.2 Å². The number of nitrogens with zero attached hydrogens (tertiary/aromatic N) is 3. The molecular formula is C36H41ClN4O5. The standard InChI is InChI=1S/C34H35ClN4O3.CH4O.CH2O/c1-5-34(3,4)19-27-22(2)32(25-15-14-24(18-26(25)35)42-21-23-10-7-6-8-11-23)39(33(41)28-20-36-16-17-37-28)29-12-9-13-30(40)31(29)38-27;2*1-2/h6-18,20,32,38,40H,5,19,21H2,1-4H3;2H,1H3;1H2. The topological polar surface area (TPSA) is 125 Å². The third kappa shape index (κ3) is 8.29. The number of rotatable bonds is 8. The predicted octanol–water partition coefficient (Wildman–Crippen LogP) is 7.75. The maximum atomic E-state index is 14.3. The molecule has 4 aromatic rings. The van der Waals surface area contributed by atoms with Crippen LogP contribution >= 0.6 is 11.6 Å². The first-order chi connectivity index (χ1) is 22.2. The molecule has 0 radical (unpaired) electrons. The summed E-state index contributed by atoms with van der Waals surface area (Å²) in [6.45, 7) is 11.0. The van der Waals surface area contributed by atoms with Crippen molar-refractivity contribution in [2.75, 3.05) is 17.3 Å². The van der Waals surface area contributed by atoms with E-state index in [1.54, 1.807) is 23.1 Å². The third-order valence-corrected chi connectivity index (χ3v) is 8.16. The highest BCUT2D eigenvalue weighted by atomic mass is 35.5. The molecule has 0 aliphatic carbocycles. The maximum Gasteiger partial charge on any atom is 0.279 e. The normalized spacial score (nSPS) is 14.0. The number of benzene rings is 3. The van der Waals surface area contributed by atoms with Crippen LogP contribution in [0.3, 0.4) is 0 Å². The number of allylic oxidation sites excluding steroid dienone is 1. The van der Waals surface area contributed by atoms with Gasteiger partial charge in [-0.2, -0.15) is 0 Å². The van der Waals surface area contributed by atoms with Crippen LogP contribution in [0.1, 0.15) is 68.2 Å². The molecule has 1 atom stereocenters. The molecule has 0 fully saturated rings. The Morgan fingerprint density at radius 2 is 1.78 bits per heavy atom. The number of fused-ring (bicyclic) bond motifs is 1. The number of hydrogen-bond donors (Lipinski definition) is 3. The molecule has 0 bridgehead atoms. The smallest absolute Gasteiger partial charge is 0.279 e. The molecule has 1 aromatic heterocycles. The molecule has 3 aromatic carbocycles. The van der Waals surface area contributed by atoms with Gasteiger partial charge in [0.1, 0.15) is 36.3 Å². The second-order valence-electron chi connectivity index (χ2n) is 11.3. The van der Waals surface area contributed by atoms with Gasteiger partial charge in [-0.05, 0) is 59.7 Å². The molecule has 1 aliphatic heterocycles. The highest BCUT2D eigenvalue weighted by Crippen LogP contribution is 2.48. The molecule has 46 heavy (non-hydrogen) atoms. The summed E-state index contributed by atoms with van der Waals surface area (Å²) in [5.41, 5.74) is 4.71. The Morgan fingerprint density at radius 1 is 1.07 bits per heavy atom. The second-order valence-corrected chi connectivity index (χ2v) is 11.7. The van der Waals surface area contributed by atoms with E-state index in [9.17, 15) is 9.90 Å². The molecule has 1 unspecified atom stereocenters. The van der Waals surface area contributed by atoms with Gasteiger partial charge in [-0.3, -0.25) is 14.7 Å². The van der Waals surface area contributed by atoms with Gasteiger partial charge < -0.3 is 25.1 Å². The van der Waals surface area contributed by atoms with Crippen LogP contribution in [0.15, 0.2) is 96.6 Å². The molecule has 242 valence electrons. The van der Waals surface area contributed by atoms with Crippen molar-refractivity contribution >= 4 is 35.7 Å². The van der Waals surface area contributed by atoms with Crippen LogP contribution in [0.25, 0.3) is 0 Å². The fraction of sp³-hybridized carbons (Fsp3) is 0.278. The fourth-order valence-corrected chi connectivity index (χ4v) is 5.36. The molecule has 2 heterocycles. The summed E-state index contributed by atoms with van der Waals surface area (Å²) in [5, 5.41) is 22.0. The quantitative estimate of drug-likeness (QED) is 0.166. The second kappa shape index (κ2) is 16.5. The van der Waals surface area contributed by atoms with Gasteiger partial charge in [-0.25, -0.2) is 4.98 Å². The first-order valence-electron chi connectivity index (χ1n) is 14.8. The molecule has 9 nitrogen and oxygen atoms in total. The number of nitrogens with one attached hydrogen (secondary N) is 1. The molecular weight excluding hydrogens is 604 g/mol. The molecule has 5 rings (SSSR count). The number of aliphatic hydroxyl groups excluding tert-OH is 1. The van der Waals surface area contributed by atoms with Crippen molar-refractivity contribution < 1.29 is 24.5 Å². The number of para-hydroxylation sites is 1. The summed E-state index contributed by atoms with van der Waals surface area (Å²) in [6, 6.07) is 20.0. The minimum Gasteiger partial charge on any atom is -0.506 e. The molecule has 0 saturated carbocycles. The molecule has 1 amide bonds. The number of amides is 1. The van der Waals surface area contributed by atoms with Crippen molar-refractivity contribution in [3.8, 4) is 11.5 Å². The number of hydrogen-bond acceptors (Lipinski definition) is 8. The van der Waals surface area contributed by atoms with Crippen molar-refractivity contribution in [2.24, 2.45) is 5.41 Å². The predicted molar refractivity (Wildman–Crippen MR) is 182 cm³/mol. The summed E-state index contributed by atoms with van der Waals surface area (Å²) < 4.78 is 6.04. The Morgan fingerprint density at radius 3 is 2.41 bits per heavy atom. The summed E-state index contributed by atoms with van der Waals surface area (Å²) >= 11 is 7.01. The zero-order chi connectivity index (χ0) is 33.9. The van der Waals surface area contributed by atoms with Crippen molar-refractivity contribution in [3.05, 3.63) is 118 Å². The number of anilines is 2. The van der Waals surface area contributed by atoms with Gasteiger partial charge in [0.25, 0.3) is 5.91 Å². The Hall–Kier alpha value is -4.73. The Kier molecular flexibility index (Phi) is 12.9. The van der Waals surface area contributed by atoms with E-state index >= 15 is 0 Å². The number of aliphatic hydroxyl groups is 1. The lowest BCUT2D eigenvalue weighted by molar-refractivity contribution is -0.0980. The fourth-order valence-electron chi connectivity index (χ4n) is 5.08. The van der Waals surface area contributed by atoms with Crippen LogP contribution in [-0.4, -0.2) is 40.0 Å². The number of halogens is 1. The van der Waals surface area contributed by atoms with E-state index in [0.717, 1.165) is 35.9 Å². The van der Waals surface area contributed by atoms with Gasteiger partial charge in [0.2, 0.25) is 0 Å². The third-order valence-electron chi connectivity index (χ3n) is 7.83. The first kappa shape index (κ1) is 35.7. The highest BCUT2D eigenvalue weighted by Gasteiger charge is 2.37. The van der Waals surface area contributed by atoms with Crippen molar-refractivity contribution in [2.45, 2.75) is 53.2 Å². The largest absolute Gasteiger partial charge is 0.506 e. The molecule has 3 N–H and O–H groups in total. The van der Waals surface area contributed by atoms with Crippen LogP contribution in [-0.2, 0) is 11.4 Å². The number of carbonyl (C=O) groups excluding carboxylic acids is 2. The summed E-state index contributed by atoms with van der Waals surface area (Å²) in [6.07, 6.45) is 6.11. The van der Waals surface area contributed by atoms with Crippen molar-refractivity contribution in [1.29, 1.82) is 0 Å². The van der Waals surface area contributed by atoms with Gasteiger partial charge >= 0.3 is 0 Å². The van der Waals surface area contributed by atoms with Crippen LogP contribution in [0.5, 0.6) is 11.5 Å². The number of phenolic OH excluding ortho intramolecular Hbond substituents is 1. The molecule has 1 aliphatic rings. The summed E-state index contributed by atoms with van der Waals surface area (Å²) in [7, 11) is 1.00. The van der Waals surface area contributed by atoms with E-state index in [1.165, 1.54) is 18.6 Å². The zero-order valence-corrected chi connectivity index (χ0v) is 27.6. The van der Waals surface area contributed by atoms with Gasteiger partial charge in [-0.15, -0.1) is 0 Å². The Labute approximate surface area is 275 Å². The molecule has 0 saturated heterocycles. The Bertz CT molecular complexity index is 1630. The number of phenols is 1. The van der Waals surface area contributed by atoms with Crippen molar-refractivity contribution in [3.63, 3.8) is 0 Å². The Balaban J connectivity index is 0.00000139. The van der Waals surface area contributed by atoms with Gasteiger partial charge in [0.15, 0.2) is 0 Å². The van der Waals surface area contributed by atoms with E-state index in [-0.39, 0.29) is 22.8 Å². The van der Waals surface area contributed by atoms with Crippen LogP contribution in [0.4, 0.5) is 11.4 Å². The minimum absolute atomic E-state index is 0.0400. The lowest BCUT2D eigenvalue weighted by atomic mass is 9.83. The van der Waals surface area contributed by atoms with E-state index in [0.29, 0.717) is 35.2 Å². The lowest BCUT2D eigenvalue weighted by Crippen LogP contribution is -2.36. The zero-order valence-electron chi connectivity index (χ0n) is 26.8. The van der Waals surface area contributed by atoms with Gasteiger partial charge in [0.05, 0.1) is 17.9 Å². The van der Waals surface area contributed by atoms with Crippen LogP contribution in [0.2, 0.25) is 5.02 Å². The van der Waals surface area contributed by atoms with E-state index < -0.39 is 6.04 Å². The maximum absolute atomic E-state index is 14.3. The van der Waals surface area contributed by atoms with E-state index in [1.807, 2.05) is 62.2 Å². The lowest BCUT2D eigenvalue weighted by Gasteiger charge is -2.33. The van der Waals surface area contributed by atoms with E-state index in [2.05, 4.69) is 36.1 Å².